The highest BCUT2D eigenvalue weighted by Crippen LogP contribution is 2.29. The molecule has 0 bridgehead atoms. The first-order valence-electron chi connectivity index (χ1n) is 14.5. The van der Waals surface area contributed by atoms with Crippen LogP contribution >= 0.6 is 0 Å². The Morgan fingerprint density at radius 2 is 1.58 bits per heavy atom. The molecule has 0 unspecified atom stereocenters. The predicted octanol–water partition coefficient (Wildman–Crippen LogP) is 3.97. The van der Waals surface area contributed by atoms with E-state index < -0.39 is 29.6 Å². The van der Waals surface area contributed by atoms with Gasteiger partial charge < -0.3 is 20.4 Å². The van der Waals surface area contributed by atoms with Gasteiger partial charge >= 0.3 is 0 Å². The fourth-order valence-corrected chi connectivity index (χ4v) is 5.59. The molecule has 10 nitrogen and oxygen atoms in total. The Morgan fingerprint density at radius 3 is 2.36 bits per heavy atom. The van der Waals surface area contributed by atoms with E-state index >= 15 is 4.39 Å². The van der Waals surface area contributed by atoms with E-state index in [0.717, 1.165) is 26.2 Å². The molecule has 0 spiro atoms. The van der Waals surface area contributed by atoms with Crippen molar-refractivity contribution in [2.75, 3.05) is 43.4 Å². The number of anilines is 2. The number of para-hydroxylation sites is 1. The van der Waals surface area contributed by atoms with Crippen LogP contribution in [0.1, 0.15) is 21.6 Å². The number of imidazole rings is 1. The molecule has 2 N–H and O–H groups in total. The van der Waals surface area contributed by atoms with E-state index in [1.165, 1.54) is 28.8 Å². The Kier molecular flexibility index (Phi) is 7.26. The second-order valence-corrected chi connectivity index (χ2v) is 10.9. The van der Waals surface area contributed by atoms with E-state index in [0.29, 0.717) is 28.3 Å². The average molecular weight is 607 g/mol. The van der Waals surface area contributed by atoms with Crippen molar-refractivity contribution in [1.82, 2.24) is 24.8 Å². The van der Waals surface area contributed by atoms with Crippen molar-refractivity contribution in [2.45, 2.75) is 6.17 Å². The lowest BCUT2D eigenvalue weighted by Gasteiger charge is -2.33. The first kappa shape index (κ1) is 28.3. The van der Waals surface area contributed by atoms with Gasteiger partial charge in [0.15, 0.2) is 11.3 Å². The zero-order valence-corrected chi connectivity index (χ0v) is 24.2. The van der Waals surface area contributed by atoms with Gasteiger partial charge in [-0.2, -0.15) is 0 Å². The highest BCUT2D eigenvalue weighted by atomic mass is 19.1. The highest BCUT2D eigenvalue weighted by Gasteiger charge is 2.32. The third-order valence-electron chi connectivity index (χ3n) is 7.97. The summed E-state index contributed by atoms with van der Waals surface area (Å²) >= 11 is 0. The van der Waals surface area contributed by atoms with Crippen LogP contribution in [0.2, 0.25) is 0 Å². The topological polar surface area (TPSA) is 107 Å². The molecule has 1 fully saturated rings. The molecule has 5 aromatic rings. The number of hydrogen-bond donors (Lipinski definition) is 2. The standard InChI is InChI=1S/C33H28F2N8O2/c1-41-16-18-42(19-17-41)26-15-14-25-36-29(21-10-5-6-12-23(21)34)30(43(25)40-26)32(44)39-31-33(45)38-28-22(11-7-13-24(28)35)27(37-31)20-8-3-2-4-9-20/h2-15,31H,16-19H2,1H3,(H,38,45)(H,39,44)/t31-/m1/s1. The molecule has 0 saturated carbocycles. The number of nitrogens with zero attached hydrogens (tertiary/aromatic N) is 6. The van der Waals surface area contributed by atoms with Crippen LogP contribution in [-0.4, -0.2) is 76.4 Å². The molecule has 3 aromatic carbocycles. The summed E-state index contributed by atoms with van der Waals surface area (Å²) in [6, 6.07) is 23.0. The molecule has 7 rings (SSSR count). The number of piperazine rings is 1. The van der Waals surface area contributed by atoms with Gasteiger partial charge in [-0.25, -0.2) is 23.3 Å². The number of fused-ring (bicyclic) bond motifs is 2. The lowest BCUT2D eigenvalue weighted by atomic mass is 10.0. The van der Waals surface area contributed by atoms with Gasteiger partial charge in [-0.3, -0.25) is 9.59 Å². The van der Waals surface area contributed by atoms with E-state index in [1.807, 2.05) is 12.1 Å². The molecule has 45 heavy (non-hydrogen) atoms. The van der Waals surface area contributed by atoms with E-state index in [4.69, 9.17) is 5.10 Å². The van der Waals surface area contributed by atoms with Crippen LogP contribution in [0, 0.1) is 11.6 Å². The van der Waals surface area contributed by atoms with E-state index in [2.05, 4.69) is 37.5 Å². The fourth-order valence-electron chi connectivity index (χ4n) is 5.59. The van der Waals surface area contributed by atoms with Crippen LogP contribution in [0.5, 0.6) is 0 Å². The van der Waals surface area contributed by atoms with Gasteiger partial charge in [0.25, 0.3) is 11.8 Å². The summed E-state index contributed by atoms with van der Waals surface area (Å²) in [6.45, 7) is 3.17. The Labute approximate surface area is 257 Å². The SMILES string of the molecule is CN1CCN(c2ccc3nc(-c4ccccc4F)c(C(=O)N[C@H]4N=C(c5ccccc5)c5cccc(F)c5NC4=O)n3n2)CC1. The molecule has 2 aromatic heterocycles. The van der Waals surface area contributed by atoms with Crippen LogP contribution in [0.4, 0.5) is 20.3 Å². The minimum absolute atomic E-state index is 0.0396. The van der Waals surface area contributed by atoms with Crippen LogP contribution in [-0.2, 0) is 4.79 Å². The van der Waals surface area contributed by atoms with Crippen molar-refractivity contribution >= 4 is 34.7 Å². The second-order valence-electron chi connectivity index (χ2n) is 10.9. The summed E-state index contributed by atoms with van der Waals surface area (Å²) in [4.78, 5) is 41.2. The molecule has 2 aliphatic heterocycles. The van der Waals surface area contributed by atoms with Gasteiger partial charge in [-0.15, -0.1) is 5.10 Å². The van der Waals surface area contributed by atoms with Crippen LogP contribution in [0.15, 0.2) is 89.9 Å². The third kappa shape index (κ3) is 5.29. The van der Waals surface area contributed by atoms with Gasteiger partial charge in [0.1, 0.15) is 23.1 Å². The summed E-state index contributed by atoms with van der Waals surface area (Å²) in [5.41, 5.74) is 1.69. The van der Waals surface area contributed by atoms with Crippen molar-refractivity contribution in [1.29, 1.82) is 0 Å². The molecule has 2 aliphatic rings. The zero-order valence-electron chi connectivity index (χ0n) is 24.2. The lowest BCUT2D eigenvalue weighted by Crippen LogP contribution is -2.45. The van der Waals surface area contributed by atoms with Gasteiger partial charge in [0.05, 0.1) is 11.4 Å². The van der Waals surface area contributed by atoms with Crippen molar-refractivity contribution in [3.63, 3.8) is 0 Å². The fraction of sp³-hybridized carbons (Fsp3) is 0.182. The Morgan fingerprint density at radius 1 is 0.867 bits per heavy atom. The Balaban J connectivity index is 1.33. The summed E-state index contributed by atoms with van der Waals surface area (Å²) in [5, 5.41) is 10.0. The van der Waals surface area contributed by atoms with Crippen molar-refractivity contribution in [3.05, 3.63) is 113 Å². The molecule has 12 heteroatoms. The molecule has 4 heterocycles. The Bertz CT molecular complexity index is 1970. The number of likely N-dealkylation sites (N-methyl/N-ethyl adjacent to an activating group) is 1. The van der Waals surface area contributed by atoms with Crippen molar-refractivity contribution < 1.29 is 18.4 Å². The Hall–Kier alpha value is -5.49. The number of amides is 2. The first-order valence-corrected chi connectivity index (χ1v) is 14.5. The summed E-state index contributed by atoms with van der Waals surface area (Å²) in [5.74, 6) is -2.08. The number of nitrogens with one attached hydrogen (secondary N) is 2. The number of carbonyl (C=O) groups excluding carboxylic acids is 2. The number of halogens is 2. The summed E-state index contributed by atoms with van der Waals surface area (Å²) in [6.07, 6.45) is -1.46. The molecule has 0 aliphatic carbocycles. The molecule has 2 amide bonds. The number of carbonyl (C=O) groups is 2. The second kappa shape index (κ2) is 11.5. The molecular weight excluding hydrogens is 578 g/mol. The normalized spacial score (nSPS) is 17.0. The summed E-state index contributed by atoms with van der Waals surface area (Å²) < 4.78 is 31.5. The number of aliphatic imine (C=N–C) groups is 1. The highest BCUT2D eigenvalue weighted by molar-refractivity contribution is 6.20. The molecule has 0 radical (unpaired) electrons. The number of aromatic nitrogens is 3. The molecule has 1 atom stereocenters. The van der Waals surface area contributed by atoms with Crippen molar-refractivity contribution in [2.24, 2.45) is 4.99 Å². The number of benzodiazepines with no additional fused rings is 1. The maximum Gasteiger partial charge on any atom is 0.274 e. The smallest absolute Gasteiger partial charge is 0.274 e. The average Bonchev–Trinajstić information content (AvgIpc) is 3.37. The van der Waals surface area contributed by atoms with E-state index in [-0.39, 0.29) is 22.6 Å². The van der Waals surface area contributed by atoms with Crippen LogP contribution in [0.25, 0.3) is 16.9 Å². The summed E-state index contributed by atoms with van der Waals surface area (Å²) in [7, 11) is 2.05. The quantitative estimate of drug-likeness (QED) is 0.314. The lowest BCUT2D eigenvalue weighted by molar-refractivity contribution is -0.117. The van der Waals surface area contributed by atoms with E-state index in [9.17, 15) is 14.0 Å². The van der Waals surface area contributed by atoms with Crippen LogP contribution < -0.4 is 15.5 Å². The maximum atomic E-state index is 15.1. The minimum Gasteiger partial charge on any atom is -0.353 e. The molecule has 1 saturated heterocycles. The number of hydrogen-bond acceptors (Lipinski definition) is 7. The zero-order chi connectivity index (χ0) is 31.1. The van der Waals surface area contributed by atoms with Crippen molar-refractivity contribution in [3.8, 4) is 11.3 Å². The predicted molar refractivity (Wildman–Crippen MR) is 166 cm³/mol. The monoisotopic (exact) mass is 606 g/mol. The number of benzene rings is 3. The van der Waals surface area contributed by atoms with Gasteiger partial charge in [-0.05, 0) is 37.4 Å². The maximum absolute atomic E-state index is 15.1. The van der Waals surface area contributed by atoms with Gasteiger partial charge in [0.2, 0.25) is 6.17 Å². The molecular formula is C33H28F2N8O2. The van der Waals surface area contributed by atoms with E-state index in [1.54, 1.807) is 48.5 Å². The molecule has 226 valence electrons. The number of rotatable bonds is 5. The minimum atomic E-state index is -1.46. The third-order valence-corrected chi connectivity index (χ3v) is 7.97. The van der Waals surface area contributed by atoms with Gasteiger partial charge in [0, 0.05) is 42.9 Å². The largest absolute Gasteiger partial charge is 0.353 e. The first-order chi connectivity index (χ1) is 21.9. The van der Waals surface area contributed by atoms with Gasteiger partial charge in [-0.1, -0.05) is 54.6 Å². The van der Waals surface area contributed by atoms with Crippen LogP contribution in [0.3, 0.4) is 0 Å².